The Labute approximate surface area is 93.8 Å². The van der Waals surface area contributed by atoms with Gasteiger partial charge in [-0.25, -0.2) is 0 Å². The van der Waals surface area contributed by atoms with Gasteiger partial charge >= 0.3 is 0 Å². The van der Waals surface area contributed by atoms with Gasteiger partial charge in [-0.2, -0.15) is 0 Å². The fourth-order valence-electron chi connectivity index (χ4n) is 2.43. The molecule has 0 aromatic carbocycles. The number of nitrogens with one attached hydrogen (secondary N) is 1. The van der Waals surface area contributed by atoms with E-state index in [0.717, 1.165) is 6.04 Å². The van der Waals surface area contributed by atoms with Gasteiger partial charge in [0, 0.05) is 32.2 Å². The van der Waals surface area contributed by atoms with Gasteiger partial charge in [0.25, 0.3) is 0 Å². The molecule has 1 saturated heterocycles. The first-order chi connectivity index (χ1) is 7.36. The largest absolute Gasteiger partial charge is 0.315 e. The van der Waals surface area contributed by atoms with Gasteiger partial charge in [0.1, 0.15) is 0 Å². The van der Waals surface area contributed by atoms with Crippen LogP contribution in [0, 0.1) is 0 Å². The van der Waals surface area contributed by atoms with Crippen LogP contribution in [0.25, 0.3) is 0 Å². The van der Waals surface area contributed by atoms with Crippen LogP contribution in [0.4, 0.5) is 0 Å². The van der Waals surface area contributed by atoms with Crippen molar-refractivity contribution in [2.75, 3.05) is 46.3 Å². The molecule has 2 fully saturated rings. The second-order valence-electron chi connectivity index (χ2n) is 5.01. The monoisotopic (exact) mass is 211 g/mol. The summed E-state index contributed by atoms with van der Waals surface area (Å²) >= 11 is 0. The topological polar surface area (TPSA) is 18.5 Å². The van der Waals surface area contributed by atoms with Gasteiger partial charge < -0.3 is 15.1 Å². The third kappa shape index (κ3) is 3.44. The third-order valence-electron chi connectivity index (χ3n) is 3.90. The second-order valence-corrected chi connectivity index (χ2v) is 5.01. The van der Waals surface area contributed by atoms with Crippen molar-refractivity contribution in [2.24, 2.45) is 0 Å². The van der Waals surface area contributed by atoms with E-state index in [9.17, 15) is 0 Å². The lowest BCUT2D eigenvalue weighted by Crippen LogP contribution is -2.42. The lowest BCUT2D eigenvalue weighted by atomic mass is 9.92. The average Bonchev–Trinajstić information content (AvgIpc) is 2.40. The Morgan fingerprint density at radius 2 is 2.07 bits per heavy atom. The van der Waals surface area contributed by atoms with Crippen LogP contribution >= 0.6 is 0 Å². The second kappa shape index (κ2) is 5.83. The van der Waals surface area contributed by atoms with E-state index in [0.29, 0.717) is 0 Å². The average molecular weight is 211 g/mol. The van der Waals surface area contributed by atoms with Crippen LogP contribution in [0.1, 0.15) is 25.7 Å². The van der Waals surface area contributed by atoms with Crippen LogP contribution in [-0.4, -0.2) is 62.2 Å². The van der Waals surface area contributed by atoms with E-state index >= 15 is 0 Å². The Morgan fingerprint density at radius 1 is 1.20 bits per heavy atom. The van der Waals surface area contributed by atoms with Gasteiger partial charge in [-0.1, -0.05) is 6.42 Å². The number of rotatable bonds is 4. The maximum Gasteiger partial charge on any atom is 0.0110 e. The Balaban J connectivity index is 1.62. The molecule has 3 heteroatoms. The van der Waals surface area contributed by atoms with E-state index in [1.807, 2.05) is 0 Å². The van der Waals surface area contributed by atoms with Crippen molar-refractivity contribution in [2.45, 2.75) is 31.7 Å². The maximum absolute atomic E-state index is 3.45. The molecule has 0 atom stereocenters. The van der Waals surface area contributed by atoms with Gasteiger partial charge in [0.15, 0.2) is 0 Å². The molecule has 3 nitrogen and oxygen atoms in total. The molecule has 0 bridgehead atoms. The van der Waals surface area contributed by atoms with E-state index in [4.69, 9.17) is 0 Å². The predicted octanol–water partition coefficient (Wildman–Crippen LogP) is 0.766. The number of hydrogen-bond donors (Lipinski definition) is 1. The third-order valence-corrected chi connectivity index (χ3v) is 3.90. The van der Waals surface area contributed by atoms with Crippen LogP contribution < -0.4 is 5.32 Å². The summed E-state index contributed by atoms with van der Waals surface area (Å²) in [5.74, 6) is 0. The molecule has 1 aliphatic carbocycles. The number of likely N-dealkylation sites (N-methyl/N-ethyl adjacent to an activating group) is 1. The zero-order valence-corrected chi connectivity index (χ0v) is 10.0. The van der Waals surface area contributed by atoms with E-state index < -0.39 is 0 Å². The Kier molecular flexibility index (Phi) is 4.42. The van der Waals surface area contributed by atoms with Crippen LogP contribution in [0.5, 0.6) is 0 Å². The van der Waals surface area contributed by atoms with Crippen molar-refractivity contribution < 1.29 is 0 Å². The summed E-state index contributed by atoms with van der Waals surface area (Å²) in [6, 6.07) is 0.898. The molecule has 0 unspecified atom stereocenters. The highest BCUT2D eigenvalue weighted by atomic mass is 15.2. The summed E-state index contributed by atoms with van der Waals surface area (Å²) in [7, 11) is 2.29. The standard InChI is InChI=1S/C12H25N3/c1-14(12-4-2-5-12)10-11-15-8-3-6-13-7-9-15/h12-13H,2-11H2,1H3. The van der Waals surface area contributed by atoms with Crippen molar-refractivity contribution in [3.05, 3.63) is 0 Å². The van der Waals surface area contributed by atoms with E-state index in [2.05, 4.69) is 22.2 Å². The maximum atomic E-state index is 3.45. The van der Waals surface area contributed by atoms with Crippen LogP contribution in [0.2, 0.25) is 0 Å². The highest BCUT2D eigenvalue weighted by molar-refractivity contribution is 4.78. The zero-order chi connectivity index (χ0) is 10.5. The smallest absolute Gasteiger partial charge is 0.0110 e. The van der Waals surface area contributed by atoms with Gasteiger partial charge in [0.05, 0.1) is 0 Å². The summed E-state index contributed by atoms with van der Waals surface area (Å²) in [6.45, 7) is 7.41. The normalized spacial score (nSPS) is 25.2. The van der Waals surface area contributed by atoms with Crippen molar-refractivity contribution in [3.8, 4) is 0 Å². The first-order valence-corrected chi connectivity index (χ1v) is 6.49. The summed E-state index contributed by atoms with van der Waals surface area (Å²) < 4.78 is 0. The summed E-state index contributed by atoms with van der Waals surface area (Å²) in [4.78, 5) is 5.16. The molecule has 0 aromatic rings. The molecule has 1 saturated carbocycles. The minimum Gasteiger partial charge on any atom is -0.315 e. The number of hydrogen-bond acceptors (Lipinski definition) is 3. The fourth-order valence-corrected chi connectivity index (χ4v) is 2.43. The highest BCUT2D eigenvalue weighted by Crippen LogP contribution is 2.23. The van der Waals surface area contributed by atoms with Gasteiger partial charge in [-0.05, 0) is 39.4 Å². The van der Waals surface area contributed by atoms with Crippen molar-refractivity contribution in [3.63, 3.8) is 0 Å². The molecule has 88 valence electrons. The molecule has 1 N–H and O–H groups in total. The lowest BCUT2D eigenvalue weighted by molar-refractivity contribution is 0.138. The van der Waals surface area contributed by atoms with E-state index in [-0.39, 0.29) is 0 Å². The fraction of sp³-hybridized carbons (Fsp3) is 1.00. The van der Waals surface area contributed by atoms with Crippen molar-refractivity contribution in [1.29, 1.82) is 0 Å². The number of nitrogens with zero attached hydrogens (tertiary/aromatic N) is 2. The quantitative estimate of drug-likeness (QED) is 0.741. The molecular weight excluding hydrogens is 186 g/mol. The Bertz CT molecular complexity index is 172. The summed E-state index contributed by atoms with van der Waals surface area (Å²) in [5, 5.41) is 3.45. The van der Waals surface area contributed by atoms with E-state index in [1.54, 1.807) is 0 Å². The molecule has 0 amide bonds. The lowest BCUT2D eigenvalue weighted by Gasteiger charge is -2.35. The van der Waals surface area contributed by atoms with Gasteiger partial charge in [-0.3, -0.25) is 0 Å². The molecule has 0 radical (unpaired) electrons. The molecule has 1 heterocycles. The summed E-state index contributed by atoms with van der Waals surface area (Å²) in [6.07, 6.45) is 5.62. The molecule has 1 aliphatic heterocycles. The first-order valence-electron chi connectivity index (χ1n) is 6.49. The van der Waals surface area contributed by atoms with Crippen molar-refractivity contribution >= 4 is 0 Å². The SMILES string of the molecule is CN(CCN1CCCNCC1)C1CCC1. The predicted molar refractivity (Wildman–Crippen MR) is 64.2 cm³/mol. The minimum absolute atomic E-state index is 0.898. The summed E-state index contributed by atoms with van der Waals surface area (Å²) in [5.41, 5.74) is 0. The van der Waals surface area contributed by atoms with Crippen LogP contribution in [0.15, 0.2) is 0 Å². The molecule has 15 heavy (non-hydrogen) atoms. The van der Waals surface area contributed by atoms with Crippen LogP contribution in [-0.2, 0) is 0 Å². The molecular formula is C12H25N3. The van der Waals surface area contributed by atoms with Crippen molar-refractivity contribution in [1.82, 2.24) is 15.1 Å². The van der Waals surface area contributed by atoms with Crippen LogP contribution in [0.3, 0.4) is 0 Å². The minimum atomic E-state index is 0.898. The molecule has 0 spiro atoms. The Hall–Kier alpha value is -0.120. The highest BCUT2D eigenvalue weighted by Gasteiger charge is 2.21. The molecule has 2 rings (SSSR count). The molecule has 2 aliphatic rings. The van der Waals surface area contributed by atoms with Gasteiger partial charge in [0.2, 0.25) is 0 Å². The Morgan fingerprint density at radius 3 is 2.80 bits per heavy atom. The van der Waals surface area contributed by atoms with Gasteiger partial charge in [-0.15, -0.1) is 0 Å². The molecule has 0 aromatic heterocycles. The van der Waals surface area contributed by atoms with E-state index in [1.165, 1.54) is 65.0 Å². The zero-order valence-electron chi connectivity index (χ0n) is 10.0. The first kappa shape index (κ1) is 11.4.